The van der Waals surface area contributed by atoms with E-state index in [4.69, 9.17) is 14.2 Å². The molecular weight excluding hydrogens is 817 g/mol. The Morgan fingerprint density at radius 3 is 0.742 bits per heavy atom. The van der Waals surface area contributed by atoms with Gasteiger partial charge >= 0.3 is 17.9 Å². The molecule has 0 saturated heterocycles. The van der Waals surface area contributed by atoms with Crippen molar-refractivity contribution in [3.8, 4) is 0 Å². The molecule has 0 N–H and O–H groups in total. The molecular formula is C60H116O6. The molecule has 0 aromatic heterocycles. The Labute approximate surface area is 412 Å². The zero-order valence-electron chi connectivity index (χ0n) is 45.2. The third-order valence-corrected chi connectivity index (χ3v) is 13.8. The lowest BCUT2D eigenvalue weighted by Gasteiger charge is -2.18. The van der Waals surface area contributed by atoms with Gasteiger partial charge in [-0.15, -0.1) is 0 Å². The molecule has 0 heterocycles. The highest BCUT2D eigenvalue weighted by atomic mass is 16.6. The highest BCUT2D eigenvalue weighted by Crippen LogP contribution is 2.18. The maximum absolute atomic E-state index is 12.9. The molecule has 0 aliphatic heterocycles. The number of rotatable bonds is 55. The van der Waals surface area contributed by atoms with Crippen molar-refractivity contribution >= 4 is 17.9 Å². The maximum Gasteiger partial charge on any atom is 0.306 e. The highest BCUT2D eigenvalue weighted by molar-refractivity contribution is 5.71. The summed E-state index contributed by atoms with van der Waals surface area (Å²) < 4.78 is 16.9. The molecule has 1 atom stereocenters. The molecule has 392 valence electrons. The first kappa shape index (κ1) is 64.4. The summed E-state index contributed by atoms with van der Waals surface area (Å²) in [6.07, 6.45) is 59.6. The highest BCUT2D eigenvalue weighted by Gasteiger charge is 2.19. The summed E-state index contributed by atoms with van der Waals surface area (Å²) in [6.45, 7) is 9.04. The summed E-state index contributed by atoms with van der Waals surface area (Å²) in [4.78, 5) is 38.2. The molecule has 0 rings (SSSR count). The fourth-order valence-electron chi connectivity index (χ4n) is 9.28. The molecule has 0 spiro atoms. The minimum atomic E-state index is -0.762. The van der Waals surface area contributed by atoms with Crippen LogP contribution in [-0.2, 0) is 28.6 Å². The summed E-state index contributed by atoms with van der Waals surface area (Å²) in [7, 11) is 0. The Kier molecular flexibility index (Phi) is 53.0. The van der Waals surface area contributed by atoms with Gasteiger partial charge in [0.25, 0.3) is 0 Å². The molecule has 0 aliphatic rings. The molecule has 0 aliphatic carbocycles. The molecule has 6 heteroatoms. The van der Waals surface area contributed by atoms with Gasteiger partial charge in [0.15, 0.2) is 6.10 Å². The normalized spacial score (nSPS) is 12.0. The topological polar surface area (TPSA) is 78.9 Å². The number of unbranched alkanes of at least 4 members (excludes halogenated alkanes) is 42. The summed E-state index contributed by atoms with van der Waals surface area (Å²) in [5.74, 6) is -0.0268. The summed E-state index contributed by atoms with van der Waals surface area (Å²) >= 11 is 0. The van der Waals surface area contributed by atoms with Crippen LogP contribution in [0, 0.1) is 5.92 Å². The van der Waals surface area contributed by atoms with Gasteiger partial charge in [-0.3, -0.25) is 14.4 Å². The van der Waals surface area contributed by atoms with E-state index in [1.54, 1.807) is 0 Å². The lowest BCUT2D eigenvalue weighted by atomic mass is 10.0. The molecule has 0 saturated carbocycles. The fraction of sp³-hybridized carbons (Fsp3) is 0.950. The van der Waals surface area contributed by atoms with Gasteiger partial charge in [0.05, 0.1) is 0 Å². The number of hydrogen-bond donors (Lipinski definition) is 0. The molecule has 0 radical (unpaired) electrons. The summed E-state index contributed by atoms with van der Waals surface area (Å²) in [5, 5.41) is 0. The van der Waals surface area contributed by atoms with E-state index in [1.165, 1.54) is 238 Å². The average molecular weight is 934 g/mol. The van der Waals surface area contributed by atoms with Gasteiger partial charge < -0.3 is 14.2 Å². The van der Waals surface area contributed by atoms with E-state index in [-0.39, 0.29) is 31.1 Å². The van der Waals surface area contributed by atoms with Crippen LogP contribution in [0.15, 0.2) is 0 Å². The van der Waals surface area contributed by atoms with Crippen molar-refractivity contribution in [1.29, 1.82) is 0 Å². The standard InChI is InChI=1S/C60H116O6/c1-5-7-9-11-13-15-17-19-21-23-24-26-27-29-31-35-39-43-47-51-58(61)64-54-57(55-65-59(62)52-48-44-40-37-33-34-38-42-46-50-56(3)4)66-60(63)53-49-45-41-36-32-30-28-25-22-20-18-16-14-12-10-8-6-2/h56-57H,5-55H2,1-4H3/t57-/m1/s1. The Hall–Kier alpha value is -1.59. The smallest absolute Gasteiger partial charge is 0.306 e. The summed E-state index contributed by atoms with van der Waals surface area (Å²) in [6, 6.07) is 0. The van der Waals surface area contributed by atoms with Crippen LogP contribution in [-0.4, -0.2) is 37.2 Å². The van der Waals surface area contributed by atoms with Crippen molar-refractivity contribution in [2.45, 2.75) is 348 Å². The molecule has 0 aromatic rings. The zero-order chi connectivity index (χ0) is 48.1. The SMILES string of the molecule is CCCCCCCCCCCCCCCCCCCCCC(=O)OC[C@H](COC(=O)CCCCCCCCCCCC(C)C)OC(=O)CCCCCCCCCCCCCCCCCCC. The first-order valence-electron chi connectivity index (χ1n) is 29.9. The second kappa shape index (κ2) is 54.4. The van der Waals surface area contributed by atoms with Crippen LogP contribution in [0.25, 0.3) is 0 Å². The first-order valence-corrected chi connectivity index (χ1v) is 29.9. The van der Waals surface area contributed by atoms with E-state index in [1.807, 2.05) is 0 Å². The van der Waals surface area contributed by atoms with Gasteiger partial charge in [-0.25, -0.2) is 0 Å². The van der Waals surface area contributed by atoms with Crippen molar-refractivity contribution in [2.24, 2.45) is 5.92 Å². The van der Waals surface area contributed by atoms with E-state index < -0.39 is 6.10 Å². The minimum absolute atomic E-state index is 0.0620. The zero-order valence-corrected chi connectivity index (χ0v) is 45.2. The average Bonchev–Trinajstić information content (AvgIpc) is 3.30. The maximum atomic E-state index is 12.9. The van der Waals surface area contributed by atoms with Crippen LogP contribution in [0.2, 0.25) is 0 Å². The van der Waals surface area contributed by atoms with Crippen molar-refractivity contribution in [1.82, 2.24) is 0 Å². The number of carbonyl (C=O) groups excluding carboxylic acids is 3. The third-order valence-electron chi connectivity index (χ3n) is 13.8. The number of carbonyl (C=O) groups is 3. The number of ether oxygens (including phenoxy) is 3. The van der Waals surface area contributed by atoms with Gasteiger partial charge in [0, 0.05) is 19.3 Å². The van der Waals surface area contributed by atoms with Crippen LogP contribution in [0.4, 0.5) is 0 Å². The minimum Gasteiger partial charge on any atom is -0.462 e. The second-order valence-corrected chi connectivity index (χ2v) is 21.1. The van der Waals surface area contributed by atoms with Crippen molar-refractivity contribution in [3.05, 3.63) is 0 Å². The van der Waals surface area contributed by atoms with Gasteiger partial charge in [-0.2, -0.15) is 0 Å². The van der Waals surface area contributed by atoms with Crippen LogP contribution >= 0.6 is 0 Å². The predicted octanol–water partition coefficient (Wildman–Crippen LogP) is 19.8. The molecule has 66 heavy (non-hydrogen) atoms. The third kappa shape index (κ3) is 53.4. The Bertz CT molecular complexity index is 996. The number of hydrogen-bond acceptors (Lipinski definition) is 6. The van der Waals surface area contributed by atoms with E-state index in [2.05, 4.69) is 27.7 Å². The Morgan fingerprint density at radius 1 is 0.288 bits per heavy atom. The molecule has 0 unspecified atom stereocenters. The van der Waals surface area contributed by atoms with Crippen LogP contribution in [0.1, 0.15) is 342 Å². The van der Waals surface area contributed by atoms with Crippen molar-refractivity contribution in [3.63, 3.8) is 0 Å². The lowest BCUT2D eigenvalue weighted by molar-refractivity contribution is -0.167. The van der Waals surface area contributed by atoms with Crippen LogP contribution in [0.3, 0.4) is 0 Å². The van der Waals surface area contributed by atoms with E-state index in [0.29, 0.717) is 19.3 Å². The van der Waals surface area contributed by atoms with Crippen LogP contribution in [0.5, 0.6) is 0 Å². The fourth-order valence-corrected chi connectivity index (χ4v) is 9.28. The molecule has 0 bridgehead atoms. The lowest BCUT2D eigenvalue weighted by Crippen LogP contribution is -2.30. The predicted molar refractivity (Wildman–Crippen MR) is 284 cm³/mol. The molecule has 0 fully saturated rings. The molecule has 0 aromatic carbocycles. The largest absolute Gasteiger partial charge is 0.462 e. The van der Waals surface area contributed by atoms with Gasteiger partial charge in [-0.05, 0) is 25.2 Å². The van der Waals surface area contributed by atoms with Crippen molar-refractivity contribution < 1.29 is 28.6 Å². The summed E-state index contributed by atoms with van der Waals surface area (Å²) in [5.41, 5.74) is 0. The van der Waals surface area contributed by atoms with E-state index >= 15 is 0 Å². The van der Waals surface area contributed by atoms with Crippen LogP contribution < -0.4 is 0 Å². The van der Waals surface area contributed by atoms with Crippen molar-refractivity contribution in [2.75, 3.05) is 13.2 Å². The molecule has 0 amide bonds. The van der Waals surface area contributed by atoms with E-state index in [0.717, 1.165) is 63.7 Å². The Balaban J connectivity index is 4.26. The van der Waals surface area contributed by atoms with E-state index in [9.17, 15) is 14.4 Å². The molecule has 6 nitrogen and oxygen atoms in total. The van der Waals surface area contributed by atoms with Gasteiger partial charge in [0.2, 0.25) is 0 Å². The quantitative estimate of drug-likeness (QED) is 0.0343. The number of esters is 3. The van der Waals surface area contributed by atoms with Gasteiger partial charge in [0.1, 0.15) is 13.2 Å². The second-order valence-electron chi connectivity index (χ2n) is 21.1. The monoisotopic (exact) mass is 933 g/mol. The van der Waals surface area contributed by atoms with Gasteiger partial charge in [-0.1, -0.05) is 304 Å². The Morgan fingerprint density at radius 2 is 0.500 bits per heavy atom. The first-order chi connectivity index (χ1) is 32.4.